The Kier molecular flexibility index (Phi) is 2.90. The fourth-order valence-corrected chi connectivity index (χ4v) is 3.30. The molecule has 0 bridgehead atoms. The van der Waals surface area contributed by atoms with Gasteiger partial charge in [0, 0.05) is 5.56 Å². The van der Waals surface area contributed by atoms with Gasteiger partial charge in [0.25, 0.3) is 0 Å². The maximum Gasteiger partial charge on any atom is 0.214 e. The second kappa shape index (κ2) is 4.91. The van der Waals surface area contributed by atoms with Crippen molar-refractivity contribution in [2.45, 2.75) is 0 Å². The highest BCUT2D eigenvalue weighted by molar-refractivity contribution is 7.71. The number of thiazole rings is 1. The van der Waals surface area contributed by atoms with Crippen molar-refractivity contribution in [2.24, 2.45) is 0 Å². The average molecular weight is 310 g/mol. The van der Waals surface area contributed by atoms with E-state index in [1.165, 1.54) is 0 Å². The van der Waals surface area contributed by atoms with Gasteiger partial charge in [-0.15, -0.1) is 0 Å². The number of aromatic nitrogens is 4. The Hall–Kier alpha value is -2.31. The summed E-state index contributed by atoms with van der Waals surface area (Å²) in [6.45, 7) is 0. The molecule has 2 heterocycles. The van der Waals surface area contributed by atoms with Crippen LogP contribution in [0.5, 0.6) is 0 Å². The molecule has 21 heavy (non-hydrogen) atoms. The van der Waals surface area contributed by atoms with E-state index in [9.17, 15) is 0 Å². The van der Waals surface area contributed by atoms with Crippen molar-refractivity contribution < 1.29 is 0 Å². The minimum absolute atomic E-state index is 0.452. The minimum atomic E-state index is 0.452. The Bertz CT molecular complexity index is 933. The van der Waals surface area contributed by atoms with Crippen LogP contribution in [0.1, 0.15) is 0 Å². The van der Waals surface area contributed by atoms with E-state index in [2.05, 4.69) is 21.1 Å². The number of hydrogen-bond acceptors (Lipinski definition) is 4. The smallest absolute Gasteiger partial charge is 0.214 e. The van der Waals surface area contributed by atoms with Gasteiger partial charge < -0.3 is 0 Å². The molecular formula is C15H10N4S2. The van der Waals surface area contributed by atoms with Crippen LogP contribution in [0.15, 0.2) is 54.6 Å². The number of fused-ring (bicyclic) bond motifs is 1. The molecule has 0 amide bonds. The van der Waals surface area contributed by atoms with Crippen molar-refractivity contribution in [3.63, 3.8) is 0 Å². The number of aromatic amines is 1. The molecule has 2 aromatic heterocycles. The maximum atomic E-state index is 5.19. The molecular weight excluding hydrogens is 300 g/mol. The second-order valence-corrected chi connectivity index (χ2v) is 5.91. The number of rotatable bonds is 2. The van der Waals surface area contributed by atoms with Gasteiger partial charge in [-0.25, -0.2) is 9.67 Å². The molecule has 0 aliphatic carbocycles. The molecule has 6 heteroatoms. The predicted molar refractivity (Wildman–Crippen MR) is 87.4 cm³/mol. The molecule has 0 spiro atoms. The molecule has 0 fully saturated rings. The summed E-state index contributed by atoms with van der Waals surface area (Å²) in [5, 5.41) is 3.92. The molecule has 0 aliphatic rings. The normalized spacial score (nSPS) is 11.0. The average Bonchev–Trinajstić information content (AvgIpc) is 3.11. The van der Waals surface area contributed by atoms with Crippen LogP contribution in [0.2, 0.25) is 0 Å². The summed E-state index contributed by atoms with van der Waals surface area (Å²) < 4.78 is 3.44. The minimum Gasteiger partial charge on any atom is -0.264 e. The van der Waals surface area contributed by atoms with Gasteiger partial charge in [-0.2, -0.15) is 4.98 Å². The van der Waals surface area contributed by atoms with Crippen LogP contribution in [0.3, 0.4) is 0 Å². The Labute approximate surface area is 129 Å². The Morgan fingerprint density at radius 2 is 1.71 bits per heavy atom. The molecule has 4 aromatic rings. The van der Waals surface area contributed by atoms with Crippen molar-refractivity contribution in [3.05, 3.63) is 59.4 Å². The SMILES string of the molecule is S=c1nc(-c2ccccc2)n(-c2nc3ccccc3s2)[nH]1. The predicted octanol–water partition coefficient (Wildman–Crippen LogP) is 4.21. The van der Waals surface area contributed by atoms with E-state index in [4.69, 9.17) is 12.2 Å². The van der Waals surface area contributed by atoms with Crippen molar-refractivity contribution in [1.29, 1.82) is 0 Å². The summed E-state index contributed by atoms with van der Waals surface area (Å²) in [6.07, 6.45) is 0. The Morgan fingerprint density at radius 3 is 2.52 bits per heavy atom. The molecule has 0 atom stereocenters. The van der Waals surface area contributed by atoms with Gasteiger partial charge >= 0.3 is 0 Å². The molecule has 0 radical (unpaired) electrons. The third kappa shape index (κ3) is 2.18. The lowest BCUT2D eigenvalue weighted by Crippen LogP contribution is -1.98. The lowest BCUT2D eigenvalue weighted by Gasteiger charge is -2.02. The van der Waals surface area contributed by atoms with Crippen molar-refractivity contribution in [3.8, 4) is 16.5 Å². The highest BCUT2D eigenvalue weighted by Gasteiger charge is 2.12. The molecule has 2 aromatic carbocycles. The van der Waals surface area contributed by atoms with Crippen LogP contribution in [-0.4, -0.2) is 19.7 Å². The zero-order chi connectivity index (χ0) is 14.2. The molecule has 4 rings (SSSR count). The van der Waals surface area contributed by atoms with E-state index in [0.29, 0.717) is 4.77 Å². The number of nitrogens with one attached hydrogen (secondary N) is 1. The van der Waals surface area contributed by atoms with Gasteiger partial charge in [-0.05, 0) is 24.4 Å². The first-order chi connectivity index (χ1) is 10.3. The molecule has 1 N–H and O–H groups in total. The van der Waals surface area contributed by atoms with Gasteiger partial charge in [0.15, 0.2) is 5.82 Å². The summed E-state index contributed by atoms with van der Waals surface area (Å²) >= 11 is 6.80. The van der Waals surface area contributed by atoms with E-state index in [0.717, 1.165) is 26.7 Å². The van der Waals surface area contributed by atoms with E-state index in [1.54, 1.807) is 11.3 Å². The zero-order valence-electron chi connectivity index (χ0n) is 10.9. The van der Waals surface area contributed by atoms with Crippen molar-refractivity contribution in [1.82, 2.24) is 19.7 Å². The fourth-order valence-electron chi connectivity index (χ4n) is 2.19. The zero-order valence-corrected chi connectivity index (χ0v) is 12.5. The molecule has 102 valence electrons. The van der Waals surface area contributed by atoms with Crippen LogP contribution in [0.25, 0.3) is 26.7 Å². The first-order valence-electron chi connectivity index (χ1n) is 6.42. The quantitative estimate of drug-likeness (QED) is 0.564. The van der Waals surface area contributed by atoms with Crippen LogP contribution < -0.4 is 0 Å². The molecule has 0 aliphatic heterocycles. The van der Waals surface area contributed by atoms with Crippen LogP contribution in [0, 0.1) is 4.77 Å². The van der Waals surface area contributed by atoms with Gasteiger partial charge in [0.1, 0.15) is 0 Å². The fraction of sp³-hybridized carbons (Fsp3) is 0. The number of hydrogen-bond donors (Lipinski definition) is 1. The topological polar surface area (TPSA) is 46.5 Å². The maximum absolute atomic E-state index is 5.19. The summed E-state index contributed by atoms with van der Waals surface area (Å²) in [7, 11) is 0. The first kappa shape index (κ1) is 12.4. The monoisotopic (exact) mass is 310 g/mol. The Morgan fingerprint density at radius 1 is 0.952 bits per heavy atom. The highest BCUT2D eigenvalue weighted by Crippen LogP contribution is 2.27. The van der Waals surface area contributed by atoms with Gasteiger partial charge in [0.05, 0.1) is 10.2 Å². The second-order valence-electron chi connectivity index (χ2n) is 4.52. The molecule has 0 unspecified atom stereocenters. The van der Waals surface area contributed by atoms with Crippen molar-refractivity contribution in [2.75, 3.05) is 0 Å². The third-order valence-corrected chi connectivity index (χ3v) is 4.34. The number of H-pyrrole nitrogens is 1. The summed E-state index contributed by atoms with van der Waals surface area (Å²) in [5.74, 6) is 0.777. The standard InChI is InChI=1S/C15H10N4S2/c20-14-17-13(10-6-2-1-3-7-10)19(18-14)15-16-11-8-4-5-9-12(11)21-15/h1-9H,(H,18,20). The van der Waals surface area contributed by atoms with E-state index < -0.39 is 0 Å². The lowest BCUT2D eigenvalue weighted by molar-refractivity contribution is 0.874. The van der Waals surface area contributed by atoms with Crippen LogP contribution in [-0.2, 0) is 0 Å². The van der Waals surface area contributed by atoms with E-state index in [-0.39, 0.29) is 0 Å². The first-order valence-corrected chi connectivity index (χ1v) is 7.64. The number of para-hydroxylation sites is 1. The highest BCUT2D eigenvalue weighted by atomic mass is 32.1. The lowest BCUT2D eigenvalue weighted by atomic mass is 10.2. The van der Waals surface area contributed by atoms with Gasteiger partial charge in [-0.1, -0.05) is 53.8 Å². The van der Waals surface area contributed by atoms with Crippen LogP contribution in [0.4, 0.5) is 0 Å². The summed E-state index contributed by atoms with van der Waals surface area (Å²) in [4.78, 5) is 9.06. The van der Waals surface area contributed by atoms with E-state index in [1.807, 2.05) is 53.2 Å². The largest absolute Gasteiger partial charge is 0.264 e. The van der Waals surface area contributed by atoms with E-state index >= 15 is 0 Å². The summed E-state index contributed by atoms with van der Waals surface area (Å²) in [6, 6.07) is 18.0. The summed E-state index contributed by atoms with van der Waals surface area (Å²) in [5.41, 5.74) is 1.98. The van der Waals surface area contributed by atoms with Crippen molar-refractivity contribution >= 4 is 33.8 Å². The number of nitrogens with zero attached hydrogens (tertiary/aromatic N) is 3. The molecule has 0 saturated carbocycles. The molecule has 4 nitrogen and oxygen atoms in total. The Balaban J connectivity index is 1.94. The third-order valence-electron chi connectivity index (χ3n) is 3.13. The molecule has 0 saturated heterocycles. The van der Waals surface area contributed by atoms with Gasteiger partial charge in [-0.3, -0.25) is 5.10 Å². The van der Waals surface area contributed by atoms with Crippen LogP contribution >= 0.6 is 23.6 Å². The number of benzene rings is 2. The van der Waals surface area contributed by atoms with Gasteiger partial charge in [0.2, 0.25) is 9.90 Å².